The third-order valence-electron chi connectivity index (χ3n) is 5.46. The Bertz CT molecular complexity index is 936. The van der Waals surface area contributed by atoms with Gasteiger partial charge in [0.1, 0.15) is 5.82 Å². The first-order valence-corrected chi connectivity index (χ1v) is 9.37. The van der Waals surface area contributed by atoms with Gasteiger partial charge < -0.3 is 14.7 Å². The van der Waals surface area contributed by atoms with E-state index in [1.165, 1.54) is 5.39 Å². The SMILES string of the molecule is COc1cc(C(C)N2CCN(c3ccc4ccccc4n3)CC2)ccc1O. The number of para-hydroxylation sites is 1. The Kier molecular flexibility index (Phi) is 4.86. The number of fused-ring (bicyclic) bond motifs is 1. The van der Waals surface area contributed by atoms with Gasteiger partial charge in [-0.2, -0.15) is 0 Å². The molecule has 1 saturated heterocycles. The molecule has 27 heavy (non-hydrogen) atoms. The maximum atomic E-state index is 9.81. The molecule has 1 fully saturated rings. The molecule has 2 heterocycles. The van der Waals surface area contributed by atoms with E-state index >= 15 is 0 Å². The van der Waals surface area contributed by atoms with Crippen LogP contribution in [0.3, 0.4) is 0 Å². The lowest BCUT2D eigenvalue weighted by Gasteiger charge is -2.38. The molecule has 2 aromatic carbocycles. The zero-order chi connectivity index (χ0) is 18.8. The molecule has 1 N–H and O–H groups in total. The number of ether oxygens (including phenoxy) is 1. The van der Waals surface area contributed by atoms with Crippen LogP contribution in [0.15, 0.2) is 54.6 Å². The summed E-state index contributed by atoms with van der Waals surface area (Å²) >= 11 is 0. The molecule has 0 aliphatic carbocycles. The zero-order valence-corrected chi connectivity index (χ0v) is 15.8. The van der Waals surface area contributed by atoms with E-state index in [1.54, 1.807) is 13.2 Å². The van der Waals surface area contributed by atoms with Gasteiger partial charge in [0.05, 0.1) is 12.6 Å². The number of hydrogen-bond donors (Lipinski definition) is 1. The molecule has 0 spiro atoms. The number of pyridine rings is 1. The third kappa shape index (κ3) is 3.55. The molecule has 1 aromatic heterocycles. The van der Waals surface area contributed by atoms with Gasteiger partial charge in [-0.15, -0.1) is 0 Å². The Balaban J connectivity index is 1.44. The summed E-state index contributed by atoms with van der Waals surface area (Å²) in [6.07, 6.45) is 0. The Morgan fingerprint density at radius 3 is 2.56 bits per heavy atom. The first kappa shape index (κ1) is 17.6. The number of nitrogens with zero attached hydrogens (tertiary/aromatic N) is 3. The molecule has 0 radical (unpaired) electrons. The maximum Gasteiger partial charge on any atom is 0.160 e. The van der Waals surface area contributed by atoms with Crippen molar-refractivity contribution in [2.75, 3.05) is 38.2 Å². The average Bonchev–Trinajstić information content (AvgIpc) is 2.73. The molecule has 1 aliphatic heterocycles. The Labute approximate surface area is 159 Å². The topological polar surface area (TPSA) is 48.8 Å². The highest BCUT2D eigenvalue weighted by Gasteiger charge is 2.23. The Hall–Kier alpha value is -2.79. The number of anilines is 1. The van der Waals surface area contributed by atoms with E-state index in [2.05, 4.69) is 41.0 Å². The summed E-state index contributed by atoms with van der Waals surface area (Å²) in [5.74, 6) is 1.76. The largest absolute Gasteiger partial charge is 0.504 e. The summed E-state index contributed by atoms with van der Waals surface area (Å²) in [7, 11) is 1.58. The highest BCUT2D eigenvalue weighted by atomic mass is 16.5. The van der Waals surface area contributed by atoms with Crippen molar-refractivity contribution in [3.8, 4) is 11.5 Å². The fourth-order valence-electron chi connectivity index (χ4n) is 3.73. The fourth-order valence-corrected chi connectivity index (χ4v) is 3.73. The molecule has 0 amide bonds. The van der Waals surface area contributed by atoms with E-state index in [9.17, 15) is 5.11 Å². The van der Waals surface area contributed by atoms with E-state index < -0.39 is 0 Å². The van der Waals surface area contributed by atoms with E-state index in [0.717, 1.165) is 43.1 Å². The van der Waals surface area contributed by atoms with Crippen LogP contribution in [-0.4, -0.2) is 48.3 Å². The molecule has 1 aliphatic rings. The van der Waals surface area contributed by atoms with Crippen LogP contribution in [0.5, 0.6) is 11.5 Å². The minimum absolute atomic E-state index is 0.181. The molecular formula is C22H25N3O2. The number of phenolic OH excluding ortho intramolecular Hbond substituents is 1. The predicted molar refractivity (Wildman–Crippen MR) is 109 cm³/mol. The summed E-state index contributed by atoms with van der Waals surface area (Å²) in [5.41, 5.74) is 2.20. The van der Waals surface area contributed by atoms with Crippen molar-refractivity contribution in [2.45, 2.75) is 13.0 Å². The summed E-state index contributed by atoms with van der Waals surface area (Å²) in [6.45, 7) is 6.04. The molecule has 3 aromatic rings. The smallest absolute Gasteiger partial charge is 0.160 e. The molecule has 140 valence electrons. The van der Waals surface area contributed by atoms with Gasteiger partial charge >= 0.3 is 0 Å². The molecule has 0 saturated carbocycles. The van der Waals surface area contributed by atoms with Crippen LogP contribution in [0.1, 0.15) is 18.5 Å². The van der Waals surface area contributed by atoms with Gasteiger partial charge in [0.15, 0.2) is 11.5 Å². The first-order valence-electron chi connectivity index (χ1n) is 9.37. The maximum absolute atomic E-state index is 9.81. The van der Waals surface area contributed by atoms with Gasteiger partial charge in [0.25, 0.3) is 0 Å². The molecule has 5 heteroatoms. The normalized spacial score (nSPS) is 16.4. The Morgan fingerprint density at radius 2 is 1.78 bits per heavy atom. The summed E-state index contributed by atoms with van der Waals surface area (Å²) in [5, 5.41) is 11.0. The van der Waals surface area contributed by atoms with Crippen LogP contribution < -0.4 is 9.64 Å². The minimum atomic E-state index is 0.181. The number of rotatable bonds is 4. The second-order valence-corrected chi connectivity index (χ2v) is 6.99. The van der Waals surface area contributed by atoms with Gasteiger partial charge in [-0.25, -0.2) is 4.98 Å². The lowest BCUT2D eigenvalue weighted by molar-refractivity contribution is 0.198. The van der Waals surface area contributed by atoms with E-state index in [-0.39, 0.29) is 11.8 Å². The minimum Gasteiger partial charge on any atom is -0.504 e. The van der Waals surface area contributed by atoms with Crippen molar-refractivity contribution < 1.29 is 9.84 Å². The van der Waals surface area contributed by atoms with Crippen LogP contribution in [0.25, 0.3) is 10.9 Å². The number of benzene rings is 2. The van der Waals surface area contributed by atoms with Gasteiger partial charge in [0.2, 0.25) is 0 Å². The fraction of sp³-hybridized carbons (Fsp3) is 0.318. The van der Waals surface area contributed by atoms with Gasteiger partial charge in [-0.1, -0.05) is 24.3 Å². The molecule has 4 rings (SSSR count). The number of phenols is 1. The molecule has 1 atom stereocenters. The lowest BCUT2D eigenvalue weighted by Crippen LogP contribution is -2.47. The van der Waals surface area contributed by atoms with Gasteiger partial charge in [-0.05, 0) is 42.8 Å². The van der Waals surface area contributed by atoms with Crippen molar-refractivity contribution >= 4 is 16.7 Å². The summed E-state index contributed by atoms with van der Waals surface area (Å²) in [4.78, 5) is 9.64. The van der Waals surface area contributed by atoms with Gasteiger partial charge in [-0.3, -0.25) is 4.90 Å². The molecule has 5 nitrogen and oxygen atoms in total. The molecular weight excluding hydrogens is 338 g/mol. The average molecular weight is 363 g/mol. The Morgan fingerprint density at radius 1 is 1.00 bits per heavy atom. The highest BCUT2D eigenvalue weighted by Crippen LogP contribution is 2.31. The van der Waals surface area contributed by atoms with E-state index in [1.807, 2.05) is 24.3 Å². The predicted octanol–water partition coefficient (Wildman–Crippen LogP) is 3.83. The quantitative estimate of drug-likeness (QED) is 0.763. The molecule has 0 bridgehead atoms. The van der Waals surface area contributed by atoms with Crippen LogP contribution >= 0.6 is 0 Å². The number of aromatic hydroxyl groups is 1. The summed E-state index contributed by atoms with van der Waals surface area (Å²) < 4.78 is 5.25. The van der Waals surface area contributed by atoms with Crippen molar-refractivity contribution in [1.82, 2.24) is 9.88 Å². The second kappa shape index (κ2) is 7.45. The van der Waals surface area contributed by atoms with E-state index in [4.69, 9.17) is 9.72 Å². The van der Waals surface area contributed by atoms with Crippen molar-refractivity contribution in [3.05, 3.63) is 60.2 Å². The number of piperazine rings is 1. The van der Waals surface area contributed by atoms with Crippen molar-refractivity contribution in [2.24, 2.45) is 0 Å². The third-order valence-corrected chi connectivity index (χ3v) is 5.46. The summed E-state index contributed by atoms with van der Waals surface area (Å²) in [6, 6.07) is 18.4. The first-order chi connectivity index (χ1) is 13.2. The van der Waals surface area contributed by atoms with Crippen LogP contribution in [0.4, 0.5) is 5.82 Å². The van der Waals surface area contributed by atoms with Crippen LogP contribution in [0.2, 0.25) is 0 Å². The highest BCUT2D eigenvalue weighted by molar-refractivity contribution is 5.80. The van der Waals surface area contributed by atoms with Crippen molar-refractivity contribution in [1.29, 1.82) is 0 Å². The van der Waals surface area contributed by atoms with Crippen LogP contribution in [0, 0.1) is 0 Å². The molecule has 1 unspecified atom stereocenters. The van der Waals surface area contributed by atoms with Gasteiger partial charge in [0, 0.05) is 37.6 Å². The monoisotopic (exact) mass is 363 g/mol. The zero-order valence-electron chi connectivity index (χ0n) is 15.8. The van der Waals surface area contributed by atoms with Crippen LogP contribution in [-0.2, 0) is 0 Å². The van der Waals surface area contributed by atoms with Crippen molar-refractivity contribution in [3.63, 3.8) is 0 Å². The number of methoxy groups -OCH3 is 1. The second-order valence-electron chi connectivity index (χ2n) is 6.99. The lowest BCUT2D eigenvalue weighted by atomic mass is 10.1. The number of hydrogen-bond acceptors (Lipinski definition) is 5. The standard InChI is InChI=1S/C22H25N3O2/c1-16(18-7-9-20(26)21(15-18)27-2)24-11-13-25(14-12-24)22-10-8-17-5-3-4-6-19(17)23-22/h3-10,15-16,26H,11-14H2,1-2H3. The van der Waals surface area contributed by atoms with E-state index in [0.29, 0.717) is 5.75 Å². The number of aromatic nitrogens is 1.